The first kappa shape index (κ1) is 26.4. The van der Waals surface area contributed by atoms with Crippen LogP contribution >= 0.6 is 43.5 Å². The molecule has 0 unspecified atom stereocenters. The number of nitrogens with zero attached hydrogens (tertiary/aromatic N) is 3. The van der Waals surface area contributed by atoms with Crippen LogP contribution in [0.1, 0.15) is 37.7 Å². The van der Waals surface area contributed by atoms with E-state index in [-0.39, 0.29) is 5.56 Å². The number of hydrogen-bond acceptors (Lipinski definition) is 5. The van der Waals surface area contributed by atoms with Gasteiger partial charge in [0.15, 0.2) is 11.5 Å². The Morgan fingerprint density at radius 3 is 2.44 bits per heavy atom. The maximum atomic E-state index is 13.5. The zero-order chi connectivity index (χ0) is 26.0. The van der Waals surface area contributed by atoms with Crippen molar-refractivity contribution in [2.75, 3.05) is 7.11 Å². The highest BCUT2D eigenvalue weighted by molar-refractivity contribution is 9.10. The van der Waals surface area contributed by atoms with Gasteiger partial charge in [0.1, 0.15) is 12.4 Å². The van der Waals surface area contributed by atoms with E-state index in [2.05, 4.69) is 37.0 Å². The topological polar surface area (TPSA) is 65.7 Å². The van der Waals surface area contributed by atoms with Crippen molar-refractivity contribution in [2.45, 2.75) is 32.8 Å². The van der Waals surface area contributed by atoms with Crippen molar-refractivity contribution in [1.82, 2.24) is 9.66 Å². The number of hydrogen-bond donors (Lipinski definition) is 0. The molecule has 0 saturated heterocycles. The van der Waals surface area contributed by atoms with Crippen LogP contribution in [0.25, 0.3) is 10.9 Å². The van der Waals surface area contributed by atoms with Gasteiger partial charge < -0.3 is 9.47 Å². The first-order valence-electron chi connectivity index (χ1n) is 11.1. The van der Waals surface area contributed by atoms with Crippen LogP contribution in [0.15, 0.2) is 73.4 Å². The molecule has 9 heteroatoms. The molecular weight excluding hydrogens is 610 g/mol. The Kier molecular flexibility index (Phi) is 7.87. The van der Waals surface area contributed by atoms with E-state index >= 15 is 0 Å². The van der Waals surface area contributed by atoms with Gasteiger partial charge in [-0.2, -0.15) is 9.78 Å². The molecule has 0 atom stereocenters. The van der Waals surface area contributed by atoms with Gasteiger partial charge in [-0.25, -0.2) is 4.98 Å². The lowest BCUT2D eigenvalue weighted by Gasteiger charge is -2.21. The first-order chi connectivity index (χ1) is 17.1. The summed E-state index contributed by atoms with van der Waals surface area (Å²) in [4.78, 5) is 18.3. The van der Waals surface area contributed by atoms with Gasteiger partial charge in [0.25, 0.3) is 5.56 Å². The van der Waals surface area contributed by atoms with Gasteiger partial charge in [0.2, 0.25) is 0 Å². The van der Waals surface area contributed by atoms with Gasteiger partial charge in [-0.1, -0.05) is 76.4 Å². The zero-order valence-electron chi connectivity index (χ0n) is 20.2. The fourth-order valence-corrected chi connectivity index (χ4v) is 4.53. The van der Waals surface area contributed by atoms with Crippen molar-refractivity contribution in [1.29, 1.82) is 0 Å². The van der Waals surface area contributed by atoms with E-state index in [0.717, 1.165) is 14.5 Å². The predicted molar refractivity (Wildman–Crippen MR) is 152 cm³/mol. The van der Waals surface area contributed by atoms with E-state index in [0.29, 0.717) is 45.4 Å². The lowest BCUT2D eigenvalue weighted by Crippen LogP contribution is -2.29. The highest BCUT2D eigenvalue weighted by Crippen LogP contribution is 2.35. The van der Waals surface area contributed by atoms with E-state index in [1.54, 1.807) is 19.4 Å². The maximum absolute atomic E-state index is 13.5. The molecule has 0 aliphatic rings. The van der Waals surface area contributed by atoms with E-state index in [9.17, 15) is 4.79 Å². The van der Waals surface area contributed by atoms with Gasteiger partial charge in [0.05, 0.1) is 24.2 Å². The summed E-state index contributed by atoms with van der Waals surface area (Å²) in [5.74, 6) is 1.58. The van der Waals surface area contributed by atoms with E-state index in [1.807, 2.05) is 69.3 Å². The second-order valence-electron chi connectivity index (χ2n) is 9.15. The summed E-state index contributed by atoms with van der Waals surface area (Å²) in [5, 5.41) is 5.72. The Bertz CT molecular complexity index is 1510. The lowest BCUT2D eigenvalue weighted by molar-refractivity contribution is 0.284. The summed E-state index contributed by atoms with van der Waals surface area (Å²) in [6.45, 7) is 6.28. The fourth-order valence-electron chi connectivity index (χ4n) is 3.59. The minimum absolute atomic E-state index is 0.256. The number of benzene rings is 3. The smallest absolute Gasteiger partial charge is 0.282 e. The SMILES string of the molecule is COc1cc(Br)cc(C=Nn2c(C(C)(C)C)nc3ccc(Br)cc3c2=O)c1OCc1ccc(Cl)cc1. The van der Waals surface area contributed by atoms with Gasteiger partial charge in [-0.15, -0.1) is 0 Å². The number of fused-ring (bicyclic) bond motifs is 1. The van der Waals surface area contributed by atoms with Crippen LogP contribution in [0.5, 0.6) is 11.5 Å². The number of rotatable bonds is 6. The van der Waals surface area contributed by atoms with Crippen molar-refractivity contribution in [3.63, 3.8) is 0 Å². The average molecular weight is 634 g/mol. The molecule has 3 aromatic carbocycles. The van der Waals surface area contributed by atoms with Crippen molar-refractivity contribution < 1.29 is 9.47 Å². The average Bonchev–Trinajstić information content (AvgIpc) is 2.83. The van der Waals surface area contributed by atoms with Crippen LogP contribution in [0.3, 0.4) is 0 Å². The summed E-state index contributed by atoms with van der Waals surface area (Å²) in [6, 6.07) is 16.5. The van der Waals surface area contributed by atoms with Gasteiger partial charge >= 0.3 is 0 Å². The second kappa shape index (κ2) is 10.7. The Balaban J connectivity index is 1.81. The fraction of sp³-hybridized carbons (Fsp3) is 0.222. The zero-order valence-corrected chi connectivity index (χ0v) is 24.1. The van der Waals surface area contributed by atoms with Crippen LogP contribution in [-0.2, 0) is 12.0 Å². The van der Waals surface area contributed by atoms with E-state index in [1.165, 1.54) is 4.68 Å². The third-order valence-electron chi connectivity index (χ3n) is 5.36. The number of methoxy groups -OCH3 is 1. The molecule has 186 valence electrons. The van der Waals surface area contributed by atoms with Crippen LogP contribution in [0.2, 0.25) is 5.02 Å². The highest BCUT2D eigenvalue weighted by Gasteiger charge is 2.23. The summed E-state index contributed by atoms with van der Waals surface area (Å²) < 4.78 is 14.7. The maximum Gasteiger partial charge on any atom is 0.282 e. The normalized spacial score (nSPS) is 11.9. The summed E-state index contributed by atoms with van der Waals surface area (Å²) >= 11 is 13.0. The summed E-state index contributed by atoms with van der Waals surface area (Å²) in [7, 11) is 1.57. The molecule has 0 radical (unpaired) electrons. The van der Waals surface area contributed by atoms with Crippen LogP contribution in [-0.4, -0.2) is 23.0 Å². The standard InChI is InChI=1S/C27H24Br2ClN3O3/c1-27(2,3)26-32-22-10-7-18(28)12-21(22)25(34)33(26)31-14-17-11-19(29)13-23(35-4)24(17)36-15-16-5-8-20(30)9-6-16/h5-14H,15H2,1-4H3. The van der Waals surface area contributed by atoms with Gasteiger partial charge in [-0.05, 0) is 48.0 Å². The highest BCUT2D eigenvalue weighted by atomic mass is 79.9. The van der Waals surface area contributed by atoms with Crippen molar-refractivity contribution >= 4 is 60.6 Å². The van der Waals surface area contributed by atoms with Gasteiger partial charge in [-0.3, -0.25) is 4.79 Å². The minimum atomic E-state index is -0.430. The molecule has 0 fully saturated rings. The third-order valence-corrected chi connectivity index (χ3v) is 6.56. The summed E-state index contributed by atoms with van der Waals surface area (Å²) in [5.41, 5.74) is 1.52. The molecule has 6 nitrogen and oxygen atoms in total. The molecule has 0 spiro atoms. The third kappa shape index (κ3) is 5.82. The summed E-state index contributed by atoms with van der Waals surface area (Å²) in [6.07, 6.45) is 1.59. The predicted octanol–water partition coefficient (Wildman–Crippen LogP) is 7.34. The first-order valence-corrected chi connectivity index (χ1v) is 13.0. The number of aromatic nitrogens is 2. The molecule has 0 saturated carbocycles. The molecule has 0 aliphatic heterocycles. The largest absolute Gasteiger partial charge is 0.493 e. The molecular formula is C27H24Br2ClN3O3. The Hall–Kier alpha value is -2.68. The Morgan fingerprint density at radius 2 is 1.78 bits per heavy atom. The Morgan fingerprint density at radius 1 is 1.06 bits per heavy atom. The molecule has 4 aromatic rings. The van der Waals surface area contributed by atoms with Crippen LogP contribution in [0, 0.1) is 0 Å². The molecule has 1 aromatic heterocycles. The molecule has 0 bridgehead atoms. The molecule has 0 N–H and O–H groups in total. The molecule has 0 aliphatic carbocycles. The Labute approximate surface area is 231 Å². The molecule has 4 rings (SSSR count). The van der Waals surface area contributed by atoms with Crippen molar-refractivity contribution in [3.05, 3.63) is 95.9 Å². The molecule has 0 amide bonds. The van der Waals surface area contributed by atoms with Gasteiger partial charge in [0, 0.05) is 24.9 Å². The number of halogens is 3. The van der Waals surface area contributed by atoms with E-state index in [4.69, 9.17) is 26.1 Å². The quantitative estimate of drug-likeness (QED) is 0.209. The second-order valence-corrected chi connectivity index (χ2v) is 11.4. The number of ether oxygens (including phenoxy) is 2. The van der Waals surface area contributed by atoms with E-state index < -0.39 is 5.41 Å². The molecule has 1 heterocycles. The molecule has 36 heavy (non-hydrogen) atoms. The monoisotopic (exact) mass is 631 g/mol. The van der Waals surface area contributed by atoms with Crippen molar-refractivity contribution in [2.24, 2.45) is 5.10 Å². The lowest BCUT2D eigenvalue weighted by atomic mass is 9.95. The van der Waals surface area contributed by atoms with Crippen molar-refractivity contribution in [3.8, 4) is 11.5 Å². The van der Waals surface area contributed by atoms with Crippen LogP contribution in [0.4, 0.5) is 0 Å². The minimum Gasteiger partial charge on any atom is -0.493 e. The van der Waals surface area contributed by atoms with Crippen LogP contribution < -0.4 is 15.0 Å².